The number of nitrogens with zero attached hydrogens (tertiary/aromatic N) is 3. The van der Waals surface area contributed by atoms with Gasteiger partial charge in [0, 0.05) is 18.0 Å². The quantitative estimate of drug-likeness (QED) is 0.581. The average molecular weight is 372 g/mol. The summed E-state index contributed by atoms with van der Waals surface area (Å²) >= 11 is 1.51. The van der Waals surface area contributed by atoms with Crippen LogP contribution in [0.5, 0.6) is 5.75 Å². The zero-order chi connectivity index (χ0) is 18.1. The fraction of sp³-hybridized carbons (Fsp3) is 0.550. The maximum atomic E-state index is 12.6. The molecule has 0 bridgehead atoms. The first-order chi connectivity index (χ1) is 12.6. The van der Waals surface area contributed by atoms with Gasteiger partial charge in [-0.05, 0) is 49.4 Å². The SMILES string of the molecule is Cc1nnc(SCC(=O)c2ccc3c(c2)CCO3)n1[C@@H]1CCC[C@H](C)C1. The van der Waals surface area contributed by atoms with Crippen molar-refractivity contribution in [1.82, 2.24) is 14.8 Å². The van der Waals surface area contributed by atoms with Gasteiger partial charge >= 0.3 is 0 Å². The second-order valence-corrected chi connectivity index (χ2v) is 8.40. The Morgan fingerprint density at radius 2 is 2.23 bits per heavy atom. The van der Waals surface area contributed by atoms with Crippen molar-refractivity contribution in [3.63, 3.8) is 0 Å². The molecule has 6 heteroatoms. The second kappa shape index (κ2) is 7.43. The lowest BCUT2D eigenvalue weighted by Crippen LogP contribution is -2.19. The molecule has 26 heavy (non-hydrogen) atoms. The van der Waals surface area contributed by atoms with Gasteiger partial charge in [0.2, 0.25) is 0 Å². The third-order valence-corrected chi connectivity index (χ3v) is 6.40. The van der Waals surface area contributed by atoms with Crippen LogP contribution in [-0.4, -0.2) is 32.9 Å². The number of thioether (sulfide) groups is 1. The zero-order valence-electron chi connectivity index (χ0n) is 15.4. The van der Waals surface area contributed by atoms with Crippen LogP contribution < -0.4 is 4.74 Å². The largest absolute Gasteiger partial charge is 0.493 e. The van der Waals surface area contributed by atoms with E-state index in [4.69, 9.17) is 4.74 Å². The number of Topliss-reactive ketones (excluding diaryl/α,β-unsaturated/α-hetero) is 1. The lowest BCUT2D eigenvalue weighted by atomic mass is 9.87. The van der Waals surface area contributed by atoms with E-state index in [1.54, 1.807) is 0 Å². The zero-order valence-corrected chi connectivity index (χ0v) is 16.2. The number of carbonyl (C=O) groups is 1. The van der Waals surface area contributed by atoms with Crippen molar-refractivity contribution in [2.45, 2.75) is 57.1 Å². The highest BCUT2D eigenvalue weighted by atomic mass is 32.2. The summed E-state index contributed by atoms with van der Waals surface area (Å²) < 4.78 is 7.77. The molecule has 4 rings (SSSR count). The molecule has 0 N–H and O–H groups in total. The van der Waals surface area contributed by atoms with Gasteiger partial charge < -0.3 is 9.30 Å². The van der Waals surface area contributed by atoms with Crippen molar-refractivity contribution in [2.75, 3.05) is 12.4 Å². The third kappa shape index (κ3) is 3.52. The number of carbonyl (C=O) groups excluding carboxylic acids is 1. The molecule has 0 spiro atoms. The summed E-state index contributed by atoms with van der Waals surface area (Å²) in [6.07, 6.45) is 5.79. The normalized spacial score (nSPS) is 22.1. The molecule has 138 valence electrons. The van der Waals surface area contributed by atoms with Crippen molar-refractivity contribution < 1.29 is 9.53 Å². The van der Waals surface area contributed by atoms with Crippen molar-refractivity contribution in [3.8, 4) is 5.75 Å². The van der Waals surface area contributed by atoms with Crippen LogP contribution in [0.25, 0.3) is 0 Å². The Kier molecular flexibility index (Phi) is 5.02. The first-order valence-corrected chi connectivity index (χ1v) is 10.4. The predicted octanol–water partition coefficient (Wildman–Crippen LogP) is 4.25. The lowest BCUT2D eigenvalue weighted by Gasteiger charge is -2.29. The average Bonchev–Trinajstić information content (AvgIpc) is 3.25. The van der Waals surface area contributed by atoms with E-state index in [1.807, 2.05) is 25.1 Å². The molecule has 1 aromatic carbocycles. The number of aromatic nitrogens is 3. The highest BCUT2D eigenvalue weighted by molar-refractivity contribution is 7.99. The summed E-state index contributed by atoms with van der Waals surface area (Å²) in [6.45, 7) is 5.04. The molecule has 0 unspecified atom stereocenters. The topological polar surface area (TPSA) is 57.0 Å². The molecule has 0 radical (unpaired) electrons. The van der Waals surface area contributed by atoms with Crippen molar-refractivity contribution >= 4 is 17.5 Å². The van der Waals surface area contributed by atoms with Crippen molar-refractivity contribution in [1.29, 1.82) is 0 Å². The van der Waals surface area contributed by atoms with Crippen LogP contribution in [-0.2, 0) is 6.42 Å². The second-order valence-electron chi connectivity index (χ2n) is 7.46. The predicted molar refractivity (Wildman–Crippen MR) is 102 cm³/mol. The van der Waals surface area contributed by atoms with Crippen LogP contribution in [0.1, 0.15) is 60.4 Å². The molecule has 1 aliphatic heterocycles. The van der Waals surface area contributed by atoms with E-state index in [9.17, 15) is 4.79 Å². The molecule has 2 heterocycles. The lowest BCUT2D eigenvalue weighted by molar-refractivity contribution is 0.102. The van der Waals surface area contributed by atoms with Crippen LogP contribution in [0.3, 0.4) is 0 Å². The van der Waals surface area contributed by atoms with E-state index < -0.39 is 0 Å². The summed E-state index contributed by atoms with van der Waals surface area (Å²) in [5.41, 5.74) is 1.90. The van der Waals surface area contributed by atoms with Gasteiger partial charge in [-0.2, -0.15) is 0 Å². The summed E-state index contributed by atoms with van der Waals surface area (Å²) in [5.74, 6) is 3.13. The van der Waals surface area contributed by atoms with E-state index in [-0.39, 0.29) is 5.78 Å². The van der Waals surface area contributed by atoms with Gasteiger partial charge in [0.05, 0.1) is 12.4 Å². The number of hydrogen-bond donors (Lipinski definition) is 0. The number of hydrogen-bond acceptors (Lipinski definition) is 5. The number of benzene rings is 1. The summed E-state index contributed by atoms with van der Waals surface area (Å²) in [5, 5.41) is 9.50. The van der Waals surface area contributed by atoms with Gasteiger partial charge in [0.1, 0.15) is 11.6 Å². The number of aryl methyl sites for hydroxylation is 1. The standard InChI is InChI=1S/C20H25N3O2S/c1-13-4-3-5-17(10-13)23-14(2)21-22-20(23)26-12-18(24)15-6-7-19-16(11-15)8-9-25-19/h6-7,11,13,17H,3-5,8-10,12H2,1-2H3/t13-,17+/m0/s1. The maximum absolute atomic E-state index is 12.6. The highest BCUT2D eigenvalue weighted by Crippen LogP contribution is 2.35. The fourth-order valence-electron chi connectivity index (χ4n) is 4.08. The Balaban J connectivity index is 1.45. The van der Waals surface area contributed by atoms with E-state index in [0.29, 0.717) is 18.4 Å². The Morgan fingerprint density at radius 1 is 1.35 bits per heavy atom. The maximum Gasteiger partial charge on any atom is 0.191 e. The van der Waals surface area contributed by atoms with Crippen molar-refractivity contribution in [2.24, 2.45) is 5.92 Å². The molecule has 2 aromatic rings. The summed E-state index contributed by atoms with van der Waals surface area (Å²) in [7, 11) is 0. The molecule has 1 aliphatic carbocycles. The summed E-state index contributed by atoms with van der Waals surface area (Å²) in [4.78, 5) is 12.6. The Hall–Kier alpha value is -1.82. The Bertz CT molecular complexity index is 817. The Labute approximate surface area is 158 Å². The van der Waals surface area contributed by atoms with Crippen LogP contribution in [0, 0.1) is 12.8 Å². The van der Waals surface area contributed by atoms with Crippen LogP contribution in [0.15, 0.2) is 23.4 Å². The van der Waals surface area contributed by atoms with Crippen LogP contribution in [0.2, 0.25) is 0 Å². The molecule has 1 fully saturated rings. The van der Waals surface area contributed by atoms with Gasteiger partial charge in [-0.3, -0.25) is 4.79 Å². The highest BCUT2D eigenvalue weighted by Gasteiger charge is 2.25. The van der Waals surface area contributed by atoms with E-state index in [0.717, 1.165) is 40.2 Å². The molecule has 2 aliphatic rings. The smallest absolute Gasteiger partial charge is 0.191 e. The molecule has 2 atom stereocenters. The first kappa shape index (κ1) is 17.6. The minimum Gasteiger partial charge on any atom is -0.493 e. The van der Waals surface area contributed by atoms with Gasteiger partial charge in [-0.15, -0.1) is 10.2 Å². The minimum atomic E-state index is 0.133. The fourth-order valence-corrected chi connectivity index (χ4v) is 5.02. The van der Waals surface area contributed by atoms with Crippen molar-refractivity contribution in [3.05, 3.63) is 35.2 Å². The van der Waals surface area contributed by atoms with Crippen LogP contribution in [0.4, 0.5) is 0 Å². The van der Waals surface area contributed by atoms with E-state index in [1.165, 1.54) is 37.4 Å². The molecule has 1 saturated carbocycles. The third-order valence-electron chi connectivity index (χ3n) is 5.45. The van der Waals surface area contributed by atoms with Crippen LogP contribution >= 0.6 is 11.8 Å². The van der Waals surface area contributed by atoms with E-state index in [2.05, 4.69) is 21.7 Å². The number of ether oxygens (including phenoxy) is 1. The first-order valence-electron chi connectivity index (χ1n) is 9.45. The molecule has 0 saturated heterocycles. The molecular weight excluding hydrogens is 346 g/mol. The monoisotopic (exact) mass is 371 g/mol. The Morgan fingerprint density at radius 3 is 3.08 bits per heavy atom. The van der Waals surface area contributed by atoms with Gasteiger partial charge in [-0.1, -0.05) is 31.5 Å². The number of fused-ring (bicyclic) bond motifs is 1. The minimum absolute atomic E-state index is 0.133. The van der Waals surface area contributed by atoms with E-state index >= 15 is 0 Å². The number of ketones is 1. The molecular formula is C20H25N3O2S. The van der Waals surface area contributed by atoms with Gasteiger partial charge in [-0.25, -0.2) is 0 Å². The summed E-state index contributed by atoms with van der Waals surface area (Å²) in [6, 6.07) is 6.22. The molecule has 5 nitrogen and oxygen atoms in total. The molecule has 0 amide bonds. The van der Waals surface area contributed by atoms with Gasteiger partial charge in [0.25, 0.3) is 0 Å². The number of rotatable bonds is 5. The molecule has 1 aromatic heterocycles. The van der Waals surface area contributed by atoms with Gasteiger partial charge in [0.15, 0.2) is 10.9 Å².